The van der Waals surface area contributed by atoms with Crippen LogP contribution in [-0.4, -0.2) is 5.78 Å². The van der Waals surface area contributed by atoms with Crippen LogP contribution >= 0.6 is 11.6 Å². The molecule has 0 N–H and O–H groups in total. The van der Waals surface area contributed by atoms with Crippen LogP contribution in [0.25, 0.3) is 0 Å². The first-order valence-electron chi connectivity index (χ1n) is 6.21. The number of hydrogen-bond donors (Lipinski definition) is 0. The van der Waals surface area contributed by atoms with Gasteiger partial charge >= 0.3 is 0 Å². The molecule has 0 aromatic heterocycles. The number of carbonyl (C=O) groups is 1. The minimum absolute atomic E-state index is 0.00995. The molecule has 0 amide bonds. The summed E-state index contributed by atoms with van der Waals surface area (Å²) in [6.07, 6.45) is 2.02. The van der Waals surface area contributed by atoms with Crippen molar-refractivity contribution in [3.63, 3.8) is 0 Å². The lowest BCUT2D eigenvalue weighted by Crippen LogP contribution is -2.04. The molecular weight excluding hydrogens is 263 g/mol. The number of rotatable bonds is 4. The third-order valence-electron chi connectivity index (χ3n) is 2.95. The molecule has 0 aliphatic heterocycles. The highest BCUT2D eigenvalue weighted by Gasteiger charge is 2.15. The highest BCUT2D eigenvalue weighted by atomic mass is 35.5. The topological polar surface area (TPSA) is 17.1 Å². The van der Waals surface area contributed by atoms with Crippen molar-refractivity contribution in [1.29, 1.82) is 0 Å². The van der Waals surface area contributed by atoms with Crippen LogP contribution in [0.1, 0.15) is 34.8 Å². The molecule has 0 fully saturated rings. The molecule has 0 spiro atoms. The maximum Gasteiger partial charge on any atom is 0.196 e. The second-order valence-corrected chi connectivity index (χ2v) is 4.78. The van der Waals surface area contributed by atoms with Gasteiger partial charge in [0.15, 0.2) is 11.6 Å². The molecule has 1 nitrogen and oxygen atoms in total. The lowest BCUT2D eigenvalue weighted by Gasteiger charge is -2.05. The zero-order chi connectivity index (χ0) is 13.8. The third kappa shape index (κ3) is 3.02. The summed E-state index contributed by atoms with van der Waals surface area (Å²) in [5.41, 5.74) is 1.65. The van der Waals surface area contributed by atoms with E-state index < -0.39 is 5.82 Å². The molecule has 0 saturated carbocycles. The Morgan fingerprint density at radius 1 is 1.16 bits per heavy atom. The zero-order valence-electron chi connectivity index (χ0n) is 10.6. The minimum atomic E-state index is -0.660. The average Bonchev–Trinajstić information content (AvgIpc) is 2.42. The van der Waals surface area contributed by atoms with Crippen molar-refractivity contribution in [2.24, 2.45) is 0 Å². The molecule has 0 saturated heterocycles. The van der Waals surface area contributed by atoms with Gasteiger partial charge in [0.2, 0.25) is 0 Å². The van der Waals surface area contributed by atoms with Gasteiger partial charge in [-0.15, -0.1) is 0 Å². The van der Waals surface area contributed by atoms with Crippen molar-refractivity contribution in [2.75, 3.05) is 0 Å². The van der Waals surface area contributed by atoms with Crippen LogP contribution in [0.15, 0.2) is 42.5 Å². The molecule has 3 heteroatoms. The molecule has 98 valence electrons. The fourth-order valence-corrected chi connectivity index (χ4v) is 2.12. The number of halogens is 2. The van der Waals surface area contributed by atoms with Crippen LogP contribution in [0.3, 0.4) is 0 Å². The highest BCUT2D eigenvalue weighted by Crippen LogP contribution is 2.21. The van der Waals surface area contributed by atoms with E-state index >= 15 is 0 Å². The summed E-state index contributed by atoms with van der Waals surface area (Å²) in [6, 6.07) is 11.7. The van der Waals surface area contributed by atoms with Crippen LogP contribution in [0.2, 0.25) is 5.02 Å². The smallest absolute Gasteiger partial charge is 0.196 e. The zero-order valence-corrected chi connectivity index (χ0v) is 11.4. The van der Waals surface area contributed by atoms with Gasteiger partial charge in [0.05, 0.1) is 10.6 Å². The van der Waals surface area contributed by atoms with Gasteiger partial charge in [-0.2, -0.15) is 0 Å². The Balaban J connectivity index is 2.31. The average molecular weight is 277 g/mol. The number of ketones is 1. The van der Waals surface area contributed by atoms with E-state index in [-0.39, 0.29) is 16.4 Å². The third-order valence-corrected chi connectivity index (χ3v) is 3.24. The van der Waals surface area contributed by atoms with E-state index in [1.165, 1.54) is 17.7 Å². The molecule has 2 aromatic rings. The van der Waals surface area contributed by atoms with E-state index in [2.05, 4.69) is 6.92 Å². The lowest BCUT2D eigenvalue weighted by atomic mass is 10.0. The SMILES string of the molecule is CCCc1ccc(C(=O)c2cccc(Cl)c2F)cc1. The Bertz CT molecular complexity index is 590. The molecule has 2 aromatic carbocycles. The van der Waals surface area contributed by atoms with Gasteiger partial charge in [-0.1, -0.05) is 55.3 Å². The molecule has 0 bridgehead atoms. The van der Waals surface area contributed by atoms with Crippen LogP contribution in [-0.2, 0) is 6.42 Å². The Labute approximate surface area is 117 Å². The number of aryl methyl sites for hydroxylation is 1. The summed E-state index contributed by atoms with van der Waals surface area (Å²) in [4.78, 5) is 12.2. The summed E-state index contributed by atoms with van der Waals surface area (Å²) in [7, 11) is 0. The van der Waals surface area contributed by atoms with Crippen molar-refractivity contribution >= 4 is 17.4 Å². The molecule has 0 radical (unpaired) electrons. The van der Waals surface area contributed by atoms with Crippen LogP contribution in [0.5, 0.6) is 0 Å². The van der Waals surface area contributed by atoms with Gasteiger partial charge in [-0.05, 0) is 24.1 Å². The predicted octanol–water partition coefficient (Wildman–Crippen LogP) is 4.66. The summed E-state index contributed by atoms with van der Waals surface area (Å²) >= 11 is 5.68. The maximum atomic E-state index is 13.8. The number of carbonyl (C=O) groups excluding carboxylic acids is 1. The molecule has 0 heterocycles. The molecule has 0 aliphatic rings. The molecule has 2 rings (SSSR count). The van der Waals surface area contributed by atoms with E-state index in [9.17, 15) is 9.18 Å². The fourth-order valence-electron chi connectivity index (χ4n) is 1.95. The van der Waals surface area contributed by atoms with Gasteiger partial charge in [0, 0.05) is 5.56 Å². The number of hydrogen-bond acceptors (Lipinski definition) is 1. The van der Waals surface area contributed by atoms with Crippen molar-refractivity contribution in [2.45, 2.75) is 19.8 Å². The standard InChI is InChI=1S/C16H14ClFO/c1-2-4-11-7-9-12(10-8-11)16(19)13-5-3-6-14(17)15(13)18/h3,5-10H,2,4H2,1H3. The van der Waals surface area contributed by atoms with Gasteiger partial charge in [-0.3, -0.25) is 4.79 Å². The Kier molecular flexibility index (Phi) is 4.33. The second-order valence-electron chi connectivity index (χ2n) is 4.38. The van der Waals surface area contributed by atoms with E-state index in [4.69, 9.17) is 11.6 Å². The van der Waals surface area contributed by atoms with Crippen LogP contribution < -0.4 is 0 Å². The molecule has 19 heavy (non-hydrogen) atoms. The first-order valence-corrected chi connectivity index (χ1v) is 6.59. The lowest BCUT2D eigenvalue weighted by molar-refractivity contribution is 0.103. The first-order chi connectivity index (χ1) is 9.13. The van der Waals surface area contributed by atoms with Crippen molar-refractivity contribution in [3.05, 3.63) is 70.0 Å². The minimum Gasteiger partial charge on any atom is -0.288 e. The quantitative estimate of drug-likeness (QED) is 0.742. The highest BCUT2D eigenvalue weighted by molar-refractivity contribution is 6.31. The van der Waals surface area contributed by atoms with E-state index in [0.29, 0.717) is 5.56 Å². The first kappa shape index (κ1) is 13.8. The Morgan fingerprint density at radius 3 is 2.47 bits per heavy atom. The molecule has 0 atom stereocenters. The van der Waals surface area contributed by atoms with Gasteiger partial charge in [0.1, 0.15) is 0 Å². The van der Waals surface area contributed by atoms with Crippen molar-refractivity contribution in [3.8, 4) is 0 Å². The molecular formula is C16H14ClFO. The summed E-state index contributed by atoms with van der Waals surface area (Å²) in [6.45, 7) is 2.10. The summed E-state index contributed by atoms with van der Waals surface area (Å²) < 4.78 is 13.8. The Morgan fingerprint density at radius 2 is 1.84 bits per heavy atom. The summed E-state index contributed by atoms with van der Waals surface area (Å²) in [5.74, 6) is -1.00. The molecule has 0 aliphatic carbocycles. The maximum absolute atomic E-state index is 13.8. The van der Waals surface area contributed by atoms with Gasteiger partial charge in [0.25, 0.3) is 0 Å². The van der Waals surface area contributed by atoms with E-state index in [0.717, 1.165) is 12.8 Å². The van der Waals surface area contributed by atoms with Gasteiger partial charge < -0.3 is 0 Å². The number of benzene rings is 2. The van der Waals surface area contributed by atoms with Crippen molar-refractivity contribution in [1.82, 2.24) is 0 Å². The van der Waals surface area contributed by atoms with Crippen molar-refractivity contribution < 1.29 is 9.18 Å². The second kappa shape index (κ2) is 5.98. The Hall–Kier alpha value is -1.67. The predicted molar refractivity (Wildman–Crippen MR) is 75.3 cm³/mol. The fraction of sp³-hybridized carbons (Fsp3) is 0.188. The molecule has 0 unspecified atom stereocenters. The van der Waals surface area contributed by atoms with E-state index in [1.54, 1.807) is 18.2 Å². The van der Waals surface area contributed by atoms with Crippen LogP contribution in [0.4, 0.5) is 4.39 Å². The van der Waals surface area contributed by atoms with E-state index in [1.807, 2.05) is 12.1 Å². The largest absolute Gasteiger partial charge is 0.288 e. The van der Waals surface area contributed by atoms with Crippen LogP contribution in [0, 0.1) is 5.82 Å². The normalized spacial score (nSPS) is 10.5. The van der Waals surface area contributed by atoms with Gasteiger partial charge in [-0.25, -0.2) is 4.39 Å². The monoisotopic (exact) mass is 276 g/mol. The summed E-state index contributed by atoms with van der Waals surface area (Å²) in [5, 5.41) is -0.0338.